The highest BCUT2D eigenvalue weighted by atomic mass is 16.1. The fourth-order valence-corrected chi connectivity index (χ4v) is 4.27. The first-order chi connectivity index (χ1) is 15.2. The second-order valence-electron chi connectivity index (χ2n) is 8.14. The van der Waals surface area contributed by atoms with Crippen molar-refractivity contribution in [2.75, 3.05) is 18.0 Å². The number of hydrogen-bond donors (Lipinski definition) is 1. The number of carbonyl (C=O) groups excluding carboxylic acids is 1. The molecule has 31 heavy (non-hydrogen) atoms. The number of fused-ring (bicyclic) bond motifs is 1. The number of nitrogens with one attached hydrogen (secondary N) is 1. The van der Waals surface area contributed by atoms with Gasteiger partial charge in [-0.3, -0.25) is 9.48 Å². The van der Waals surface area contributed by atoms with Crippen molar-refractivity contribution >= 4 is 17.1 Å². The highest BCUT2D eigenvalue weighted by Gasteiger charge is 2.26. The number of piperidine rings is 1. The van der Waals surface area contributed by atoms with Crippen molar-refractivity contribution in [1.82, 2.24) is 24.7 Å². The first kappa shape index (κ1) is 19.4. The van der Waals surface area contributed by atoms with Gasteiger partial charge < -0.3 is 10.2 Å². The zero-order valence-electron chi connectivity index (χ0n) is 17.6. The molecule has 5 rings (SSSR count). The van der Waals surface area contributed by atoms with Gasteiger partial charge in [0.15, 0.2) is 0 Å². The van der Waals surface area contributed by atoms with Crippen molar-refractivity contribution in [3.05, 3.63) is 72.8 Å². The predicted octanol–water partition coefficient (Wildman–Crippen LogP) is 3.27. The van der Waals surface area contributed by atoms with Crippen LogP contribution in [0.2, 0.25) is 0 Å². The van der Waals surface area contributed by atoms with E-state index in [1.807, 2.05) is 66.7 Å². The van der Waals surface area contributed by atoms with Crippen molar-refractivity contribution in [3.8, 4) is 11.1 Å². The first-order valence-corrected chi connectivity index (χ1v) is 10.7. The Labute approximate surface area is 181 Å². The number of nitrogens with zero attached hydrogens (tertiary/aromatic N) is 5. The number of carbonyl (C=O) groups is 1. The van der Waals surface area contributed by atoms with Gasteiger partial charge >= 0.3 is 0 Å². The zero-order valence-corrected chi connectivity index (χ0v) is 17.6. The van der Waals surface area contributed by atoms with Crippen molar-refractivity contribution < 1.29 is 4.79 Å². The highest BCUT2D eigenvalue weighted by molar-refractivity contribution is 5.80. The fourth-order valence-electron chi connectivity index (χ4n) is 4.27. The normalized spacial score (nSPS) is 14.8. The van der Waals surface area contributed by atoms with Crippen LogP contribution in [0.1, 0.15) is 18.4 Å². The van der Waals surface area contributed by atoms with Gasteiger partial charge in [-0.1, -0.05) is 36.4 Å². The monoisotopic (exact) mass is 414 g/mol. The minimum atomic E-state index is 0.0685. The van der Waals surface area contributed by atoms with Gasteiger partial charge in [-0.25, -0.2) is 4.52 Å². The van der Waals surface area contributed by atoms with Crippen LogP contribution in [0.4, 0.5) is 5.69 Å². The summed E-state index contributed by atoms with van der Waals surface area (Å²) in [6.45, 7) is 2.30. The van der Waals surface area contributed by atoms with Gasteiger partial charge in [-0.05, 0) is 24.5 Å². The summed E-state index contributed by atoms with van der Waals surface area (Å²) in [5.74, 6) is 0.225. The molecule has 0 atom stereocenters. The molecule has 1 amide bonds. The van der Waals surface area contributed by atoms with Crippen LogP contribution in [0.15, 0.2) is 67.3 Å². The SMILES string of the molecule is Cn1cc(-c2ccc3c(N4CCC(C(=O)NCc5ccccc5)CC4)cnn3c2)cn1. The van der Waals surface area contributed by atoms with E-state index in [4.69, 9.17) is 0 Å². The Morgan fingerprint density at radius 2 is 1.81 bits per heavy atom. The maximum atomic E-state index is 12.6. The summed E-state index contributed by atoms with van der Waals surface area (Å²) in [6, 6.07) is 14.3. The van der Waals surface area contributed by atoms with Crippen LogP contribution in [0, 0.1) is 5.92 Å². The standard InChI is InChI=1S/C24H26N6O/c1-28-16-21(14-26-28)20-7-8-22-23(15-27-30(22)17-20)29-11-9-19(10-12-29)24(31)25-13-18-5-3-2-4-6-18/h2-8,14-17,19H,9-13H2,1H3,(H,25,31). The summed E-state index contributed by atoms with van der Waals surface area (Å²) in [6.07, 6.45) is 9.54. The van der Waals surface area contributed by atoms with Crippen LogP contribution in [-0.4, -0.2) is 38.4 Å². The number of anilines is 1. The lowest BCUT2D eigenvalue weighted by Crippen LogP contribution is -2.40. The molecule has 0 unspecified atom stereocenters. The summed E-state index contributed by atoms with van der Waals surface area (Å²) in [7, 11) is 1.92. The van der Waals surface area contributed by atoms with Crippen LogP contribution >= 0.6 is 0 Å². The molecule has 7 nitrogen and oxygen atoms in total. The van der Waals surface area contributed by atoms with E-state index in [2.05, 4.69) is 32.5 Å². The Kier molecular flexibility index (Phi) is 5.16. The van der Waals surface area contributed by atoms with Crippen LogP contribution in [0.25, 0.3) is 16.6 Å². The molecule has 4 heterocycles. The third-order valence-corrected chi connectivity index (χ3v) is 6.05. The molecule has 0 saturated carbocycles. The Morgan fingerprint density at radius 3 is 2.55 bits per heavy atom. The molecular formula is C24H26N6O. The Hall–Kier alpha value is -3.61. The van der Waals surface area contributed by atoms with Gasteiger partial charge in [0, 0.05) is 56.1 Å². The Bertz CT molecular complexity index is 1190. The molecule has 1 aliphatic heterocycles. The van der Waals surface area contributed by atoms with Gasteiger partial charge in [-0.15, -0.1) is 0 Å². The number of pyridine rings is 1. The number of benzene rings is 1. The Balaban J connectivity index is 1.22. The van der Waals surface area contributed by atoms with Crippen LogP contribution in [0.3, 0.4) is 0 Å². The molecule has 1 fully saturated rings. The van der Waals surface area contributed by atoms with Crippen molar-refractivity contribution in [2.24, 2.45) is 13.0 Å². The summed E-state index contributed by atoms with van der Waals surface area (Å²) >= 11 is 0. The Morgan fingerprint density at radius 1 is 1.00 bits per heavy atom. The fraction of sp³-hybridized carbons (Fsp3) is 0.292. The molecule has 0 bridgehead atoms. The number of rotatable bonds is 5. The second kappa shape index (κ2) is 8.26. The number of aryl methyl sites for hydroxylation is 1. The van der Waals surface area contributed by atoms with E-state index in [-0.39, 0.29) is 11.8 Å². The molecule has 0 aliphatic carbocycles. The second-order valence-corrected chi connectivity index (χ2v) is 8.14. The van der Waals surface area contributed by atoms with Crippen LogP contribution in [-0.2, 0) is 18.4 Å². The van der Waals surface area contributed by atoms with E-state index in [1.165, 1.54) is 0 Å². The summed E-state index contributed by atoms with van der Waals surface area (Å²) in [5, 5.41) is 11.9. The largest absolute Gasteiger partial charge is 0.368 e. The number of hydrogen-bond acceptors (Lipinski definition) is 4. The third kappa shape index (κ3) is 4.03. The minimum absolute atomic E-state index is 0.0685. The van der Waals surface area contributed by atoms with Crippen molar-refractivity contribution in [1.29, 1.82) is 0 Å². The molecule has 1 aliphatic rings. The van der Waals surface area contributed by atoms with Crippen molar-refractivity contribution in [3.63, 3.8) is 0 Å². The number of aromatic nitrogens is 4. The molecule has 7 heteroatoms. The summed E-state index contributed by atoms with van der Waals surface area (Å²) < 4.78 is 3.73. The molecule has 4 aromatic rings. The van der Waals surface area contributed by atoms with Gasteiger partial charge in [0.25, 0.3) is 0 Å². The summed E-state index contributed by atoms with van der Waals surface area (Å²) in [4.78, 5) is 14.9. The van der Waals surface area contributed by atoms with Crippen LogP contribution < -0.4 is 10.2 Å². The average Bonchev–Trinajstić information content (AvgIpc) is 3.44. The number of amides is 1. The maximum absolute atomic E-state index is 12.6. The minimum Gasteiger partial charge on any atom is -0.368 e. The molecule has 1 aromatic carbocycles. The quantitative estimate of drug-likeness (QED) is 0.544. The predicted molar refractivity (Wildman–Crippen MR) is 121 cm³/mol. The van der Waals surface area contributed by atoms with Crippen molar-refractivity contribution in [2.45, 2.75) is 19.4 Å². The smallest absolute Gasteiger partial charge is 0.223 e. The van der Waals surface area contributed by atoms with Crippen LogP contribution in [0.5, 0.6) is 0 Å². The maximum Gasteiger partial charge on any atom is 0.223 e. The van der Waals surface area contributed by atoms with E-state index < -0.39 is 0 Å². The van der Waals surface area contributed by atoms with E-state index in [0.717, 1.165) is 53.8 Å². The lowest BCUT2D eigenvalue weighted by molar-refractivity contribution is -0.125. The van der Waals surface area contributed by atoms with E-state index in [1.54, 1.807) is 4.68 Å². The molecule has 3 aromatic heterocycles. The van der Waals surface area contributed by atoms with E-state index in [0.29, 0.717) is 6.54 Å². The molecule has 0 radical (unpaired) electrons. The zero-order chi connectivity index (χ0) is 21.2. The summed E-state index contributed by atoms with van der Waals surface area (Å²) in [5.41, 5.74) is 5.50. The first-order valence-electron chi connectivity index (χ1n) is 10.7. The van der Waals surface area contributed by atoms with Gasteiger partial charge in [-0.2, -0.15) is 10.2 Å². The molecule has 1 saturated heterocycles. The highest BCUT2D eigenvalue weighted by Crippen LogP contribution is 2.29. The molecule has 0 spiro atoms. The third-order valence-electron chi connectivity index (χ3n) is 6.05. The average molecular weight is 415 g/mol. The van der Waals surface area contributed by atoms with E-state index >= 15 is 0 Å². The molecular weight excluding hydrogens is 388 g/mol. The van der Waals surface area contributed by atoms with Gasteiger partial charge in [0.1, 0.15) is 0 Å². The van der Waals surface area contributed by atoms with Gasteiger partial charge in [0.05, 0.1) is 23.6 Å². The van der Waals surface area contributed by atoms with Gasteiger partial charge in [0.2, 0.25) is 5.91 Å². The lowest BCUT2D eigenvalue weighted by atomic mass is 9.95. The topological polar surface area (TPSA) is 67.5 Å². The van der Waals surface area contributed by atoms with E-state index in [9.17, 15) is 4.79 Å². The molecule has 1 N–H and O–H groups in total. The molecule has 158 valence electrons. The lowest BCUT2D eigenvalue weighted by Gasteiger charge is -2.32.